The molecule has 3 rings (SSSR count). The Hall–Kier alpha value is -1.62. The number of carbonyl (C=O) groups is 1. The van der Waals surface area contributed by atoms with E-state index in [0.29, 0.717) is 0 Å². The van der Waals surface area contributed by atoms with Gasteiger partial charge >= 0.3 is 0 Å². The number of halogens is 1. The molecular weight excluding hydrogens is 271 g/mol. The fraction of sp³-hybridized carbons (Fsp3) is 0.562. The predicted molar refractivity (Wildman–Crippen MR) is 77.3 cm³/mol. The summed E-state index contributed by atoms with van der Waals surface area (Å²) in [6.45, 7) is 2.59. The molecule has 1 saturated heterocycles. The van der Waals surface area contributed by atoms with Crippen molar-refractivity contribution in [3.05, 3.63) is 29.6 Å². The molecule has 1 amide bonds. The molecule has 1 heterocycles. The molecule has 1 aromatic carbocycles. The molecule has 21 heavy (non-hydrogen) atoms. The van der Waals surface area contributed by atoms with Crippen molar-refractivity contribution in [3.63, 3.8) is 0 Å². The van der Waals surface area contributed by atoms with E-state index >= 15 is 0 Å². The second kappa shape index (κ2) is 5.64. The van der Waals surface area contributed by atoms with E-state index < -0.39 is 5.82 Å². The summed E-state index contributed by atoms with van der Waals surface area (Å²) in [4.78, 5) is 14.1. The fourth-order valence-corrected chi connectivity index (χ4v) is 2.87. The first kappa shape index (κ1) is 14.3. The van der Waals surface area contributed by atoms with E-state index in [-0.39, 0.29) is 23.9 Å². The zero-order valence-corrected chi connectivity index (χ0v) is 12.4. The number of nitrogens with one attached hydrogen (secondary N) is 1. The van der Waals surface area contributed by atoms with E-state index in [9.17, 15) is 9.18 Å². The van der Waals surface area contributed by atoms with Crippen LogP contribution in [0.5, 0.6) is 5.75 Å². The number of carbonyl (C=O) groups excluding carboxylic acids is 1. The lowest BCUT2D eigenvalue weighted by atomic mass is 10.1. The Morgan fingerprint density at radius 1 is 1.43 bits per heavy atom. The number of hydrogen-bond acceptors (Lipinski definition) is 3. The van der Waals surface area contributed by atoms with E-state index in [1.54, 1.807) is 6.07 Å². The highest BCUT2D eigenvalue weighted by Crippen LogP contribution is 2.35. The van der Waals surface area contributed by atoms with Crippen LogP contribution in [-0.2, 0) is 4.79 Å². The van der Waals surface area contributed by atoms with E-state index in [1.807, 2.05) is 17.9 Å². The lowest BCUT2D eigenvalue weighted by molar-refractivity contribution is -0.129. The summed E-state index contributed by atoms with van der Waals surface area (Å²) in [6.07, 6.45) is 3.33. The Bertz CT molecular complexity index is 545. The SMILES string of the molecule is COc1ccc(C2NC(C)C(=O)N2CCC2CC2)cc1F. The molecule has 1 saturated carbocycles. The maximum absolute atomic E-state index is 13.9. The quantitative estimate of drug-likeness (QED) is 0.906. The lowest BCUT2D eigenvalue weighted by Gasteiger charge is -2.25. The van der Waals surface area contributed by atoms with Gasteiger partial charge in [-0.25, -0.2) is 4.39 Å². The van der Waals surface area contributed by atoms with E-state index in [1.165, 1.54) is 26.0 Å². The molecular formula is C16H21FN2O2. The minimum atomic E-state index is -0.397. The van der Waals surface area contributed by atoms with Gasteiger partial charge in [0.05, 0.1) is 13.2 Å². The maximum Gasteiger partial charge on any atom is 0.241 e. The molecule has 0 radical (unpaired) electrons. The lowest BCUT2D eigenvalue weighted by Crippen LogP contribution is -2.31. The van der Waals surface area contributed by atoms with Crippen molar-refractivity contribution in [2.75, 3.05) is 13.7 Å². The van der Waals surface area contributed by atoms with Crippen LogP contribution in [0.2, 0.25) is 0 Å². The van der Waals surface area contributed by atoms with Gasteiger partial charge in [0.15, 0.2) is 11.6 Å². The van der Waals surface area contributed by atoms with Crippen molar-refractivity contribution < 1.29 is 13.9 Å². The molecule has 2 unspecified atom stereocenters. The van der Waals surface area contributed by atoms with Gasteiger partial charge in [0.2, 0.25) is 5.91 Å². The number of benzene rings is 1. The zero-order chi connectivity index (χ0) is 15.0. The van der Waals surface area contributed by atoms with Gasteiger partial charge in [-0.1, -0.05) is 18.9 Å². The van der Waals surface area contributed by atoms with Crippen molar-refractivity contribution in [2.24, 2.45) is 5.92 Å². The third-order valence-corrected chi connectivity index (χ3v) is 4.34. The van der Waals surface area contributed by atoms with E-state index in [2.05, 4.69) is 5.32 Å². The summed E-state index contributed by atoms with van der Waals surface area (Å²) in [5, 5.41) is 3.25. The highest BCUT2D eigenvalue weighted by Gasteiger charge is 2.38. The summed E-state index contributed by atoms with van der Waals surface area (Å²) in [7, 11) is 1.44. The number of ether oxygens (including phenoxy) is 1. The van der Waals surface area contributed by atoms with Gasteiger partial charge in [-0.05, 0) is 37.0 Å². The van der Waals surface area contributed by atoms with Gasteiger partial charge in [-0.15, -0.1) is 0 Å². The van der Waals surface area contributed by atoms with Gasteiger partial charge in [0.25, 0.3) is 0 Å². The summed E-state index contributed by atoms with van der Waals surface area (Å²) in [5.74, 6) is 0.686. The van der Waals surface area contributed by atoms with E-state index in [4.69, 9.17) is 4.74 Å². The van der Waals surface area contributed by atoms with Gasteiger partial charge in [-0.2, -0.15) is 0 Å². The molecule has 5 heteroatoms. The molecule has 2 atom stereocenters. The van der Waals surface area contributed by atoms with Crippen LogP contribution in [0.1, 0.15) is 37.9 Å². The number of methoxy groups -OCH3 is 1. The number of amides is 1. The molecule has 1 aliphatic heterocycles. The first-order valence-electron chi connectivity index (χ1n) is 7.50. The third kappa shape index (κ3) is 2.88. The topological polar surface area (TPSA) is 41.6 Å². The smallest absolute Gasteiger partial charge is 0.241 e. The van der Waals surface area contributed by atoms with Crippen LogP contribution in [0.4, 0.5) is 4.39 Å². The number of nitrogens with zero attached hydrogens (tertiary/aromatic N) is 1. The maximum atomic E-state index is 13.9. The first-order valence-corrected chi connectivity index (χ1v) is 7.50. The summed E-state index contributed by atoms with van der Waals surface area (Å²) >= 11 is 0. The van der Waals surface area contributed by atoms with Crippen molar-refractivity contribution in [1.29, 1.82) is 0 Å². The highest BCUT2D eigenvalue weighted by molar-refractivity contribution is 5.84. The Morgan fingerprint density at radius 3 is 2.81 bits per heavy atom. The van der Waals surface area contributed by atoms with Gasteiger partial charge in [-0.3, -0.25) is 10.1 Å². The Balaban J connectivity index is 1.80. The van der Waals surface area contributed by atoms with Crippen LogP contribution < -0.4 is 10.1 Å². The minimum Gasteiger partial charge on any atom is -0.494 e. The predicted octanol–water partition coefficient (Wildman–Crippen LogP) is 2.45. The molecule has 0 spiro atoms. The van der Waals surface area contributed by atoms with Crippen molar-refractivity contribution >= 4 is 5.91 Å². The van der Waals surface area contributed by atoms with Crippen LogP contribution in [0.3, 0.4) is 0 Å². The second-order valence-electron chi connectivity index (χ2n) is 5.95. The van der Waals surface area contributed by atoms with E-state index in [0.717, 1.165) is 24.4 Å². The van der Waals surface area contributed by atoms with Crippen LogP contribution in [0, 0.1) is 11.7 Å². The molecule has 4 nitrogen and oxygen atoms in total. The second-order valence-corrected chi connectivity index (χ2v) is 5.95. The number of hydrogen-bond donors (Lipinski definition) is 1. The monoisotopic (exact) mass is 292 g/mol. The molecule has 2 fully saturated rings. The normalized spacial score (nSPS) is 25.5. The summed E-state index contributed by atoms with van der Waals surface area (Å²) < 4.78 is 18.8. The van der Waals surface area contributed by atoms with Crippen LogP contribution in [0.25, 0.3) is 0 Å². The average Bonchev–Trinajstić information content (AvgIpc) is 3.25. The number of rotatable bonds is 5. The van der Waals surface area contributed by atoms with Crippen LogP contribution >= 0.6 is 0 Å². The van der Waals surface area contributed by atoms with Crippen LogP contribution in [-0.4, -0.2) is 30.5 Å². The molecule has 1 aliphatic carbocycles. The Labute approximate surface area is 124 Å². The Kier molecular flexibility index (Phi) is 3.85. The van der Waals surface area contributed by atoms with Crippen molar-refractivity contribution in [3.8, 4) is 5.75 Å². The molecule has 114 valence electrons. The molecule has 2 aliphatic rings. The largest absolute Gasteiger partial charge is 0.494 e. The minimum absolute atomic E-state index is 0.0943. The summed E-state index contributed by atoms with van der Waals surface area (Å²) in [5.41, 5.74) is 0.766. The van der Waals surface area contributed by atoms with Gasteiger partial charge in [0.1, 0.15) is 6.17 Å². The average molecular weight is 292 g/mol. The van der Waals surface area contributed by atoms with Gasteiger partial charge < -0.3 is 9.64 Å². The fourth-order valence-electron chi connectivity index (χ4n) is 2.87. The third-order valence-electron chi connectivity index (χ3n) is 4.34. The first-order chi connectivity index (χ1) is 10.1. The standard InChI is InChI=1S/C16H21FN2O2/c1-10-16(20)19(8-7-11-3-4-11)15(18-10)12-5-6-14(21-2)13(17)9-12/h5-6,9-11,15,18H,3-4,7-8H2,1-2H3. The Morgan fingerprint density at radius 2 is 2.19 bits per heavy atom. The van der Waals surface area contributed by atoms with Gasteiger partial charge in [0, 0.05) is 6.54 Å². The van der Waals surface area contributed by atoms with Crippen LogP contribution in [0.15, 0.2) is 18.2 Å². The zero-order valence-electron chi connectivity index (χ0n) is 12.4. The molecule has 1 aromatic rings. The molecule has 0 bridgehead atoms. The van der Waals surface area contributed by atoms with Crippen molar-refractivity contribution in [2.45, 2.75) is 38.4 Å². The molecule has 0 aromatic heterocycles. The highest BCUT2D eigenvalue weighted by atomic mass is 19.1. The van der Waals surface area contributed by atoms with Crippen molar-refractivity contribution in [1.82, 2.24) is 10.2 Å². The summed E-state index contributed by atoms with van der Waals surface area (Å²) in [6, 6.07) is 4.65. The molecule has 1 N–H and O–H groups in total.